The van der Waals surface area contributed by atoms with E-state index in [4.69, 9.17) is 4.74 Å². The lowest BCUT2D eigenvalue weighted by molar-refractivity contribution is 0.0695. The third kappa shape index (κ3) is 3.15. The topological polar surface area (TPSA) is 87.0 Å². The lowest BCUT2D eigenvalue weighted by Crippen LogP contribution is -2.29. The van der Waals surface area contributed by atoms with Crippen LogP contribution in [0.25, 0.3) is 11.1 Å². The molecular weight excluding hydrogens is 332 g/mol. The van der Waals surface area contributed by atoms with Gasteiger partial charge in [0, 0.05) is 5.56 Å². The first-order chi connectivity index (χ1) is 12.2. The number of unbranched alkanes of at least 4 members (excludes halogenated alkanes) is 1. The van der Waals surface area contributed by atoms with Crippen molar-refractivity contribution in [3.63, 3.8) is 0 Å². The summed E-state index contributed by atoms with van der Waals surface area (Å²) in [4.78, 5) is 11.4. The summed E-state index contributed by atoms with van der Waals surface area (Å²) >= 11 is 0. The van der Waals surface area contributed by atoms with Crippen LogP contribution in [0.4, 0.5) is 0 Å². The Morgan fingerprint density at radius 1 is 1.23 bits per heavy atom. The number of hydrogen-bond acceptors (Lipinski definition) is 4. The molecule has 1 aliphatic heterocycles. The average Bonchev–Trinajstić information content (AvgIpc) is 2.58. The predicted molar refractivity (Wildman–Crippen MR) is 98.6 cm³/mol. The van der Waals surface area contributed by atoms with E-state index in [1.807, 2.05) is 13.8 Å². The molecule has 1 heterocycles. The summed E-state index contributed by atoms with van der Waals surface area (Å²) in [6.07, 6.45) is 1.79. The van der Waals surface area contributed by atoms with E-state index < -0.39 is 17.7 Å². The molecule has 0 saturated heterocycles. The minimum absolute atomic E-state index is 0.0210. The Hall–Kier alpha value is -2.53. The number of phenolic OH excluding ortho intramolecular Hbond substituents is 1. The maximum Gasteiger partial charge on any atom is 0.335 e. The number of carboxylic acid groups (broad SMARTS) is 1. The predicted octanol–water partition coefficient (Wildman–Crippen LogP) is 4.61. The van der Waals surface area contributed by atoms with Crippen LogP contribution < -0.4 is 4.74 Å². The molecule has 138 valence electrons. The van der Waals surface area contributed by atoms with Crippen LogP contribution in [0, 0.1) is 0 Å². The molecule has 1 unspecified atom stereocenters. The van der Waals surface area contributed by atoms with E-state index in [1.165, 1.54) is 12.1 Å². The third-order valence-corrected chi connectivity index (χ3v) is 4.87. The van der Waals surface area contributed by atoms with Gasteiger partial charge in [-0.25, -0.2) is 4.79 Å². The summed E-state index contributed by atoms with van der Waals surface area (Å²) in [6, 6.07) is 8.11. The molecule has 1 aliphatic rings. The standard InChI is InChI=1S/C21H24O5/c1-4-5-6-16(22)13-10-17(23)19-14-9-12(20(24)25)7-8-15(14)21(2,3)26-18(19)11-13/h7-11,16,22-23H,4-6H2,1-3H3,(H,24,25). The summed E-state index contributed by atoms with van der Waals surface area (Å²) in [5, 5.41) is 30.3. The first-order valence-electron chi connectivity index (χ1n) is 8.86. The molecule has 0 fully saturated rings. The minimum atomic E-state index is -1.02. The Morgan fingerprint density at radius 3 is 2.62 bits per heavy atom. The summed E-state index contributed by atoms with van der Waals surface area (Å²) in [5.74, 6) is -0.590. The second-order valence-electron chi connectivity index (χ2n) is 7.25. The number of fused-ring (bicyclic) bond motifs is 3. The van der Waals surface area contributed by atoms with Crippen molar-refractivity contribution in [2.45, 2.75) is 51.7 Å². The highest BCUT2D eigenvalue weighted by atomic mass is 16.5. The van der Waals surface area contributed by atoms with Crippen molar-refractivity contribution in [2.24, 2.45) is 0 Å². The summed E-state index contributed by atoms with van der Waals surface area (Å²) in [7, 11) is 0. The Morgan fingerprint density at radius 2 is 1.96 bits per heavy atom. The van der Waals surface area contributed by atoms with Gasteiger partial charge in [0.05, 0.1) is 17.2 Å². The normalized spacial score (nSPS) is 15.5. The van der Waals surface area contributed by atoms with Crippen molar-refractivity contribution in [1.82, 2.24) is 0 Å². The fourth-order valence-corrected chi connectivity index (χ4v) is 3.47. The van der Waals surface area contributed by atoms with Gasteiger partial charge >= 0.3 is 5.97 Å². The van der Waals surface area contributed by atoms with Gasteiger partial charge in [0.15, 0.2) is 0 Å². The fourth-order valence-electron chi connectivity index (χ4n) is 3.47. The lowest BCUT2D eigenvalue weighted by Gasteiger charge is -2.35. The van der Waals surface area contributed by atoms with Crippen LogP contribution in [0.1, 0.15) is 67.6 Å². The smallest absolute Gasteiger partial charge is 0.335 e. The molecule has 0 amide bonds. The van der Waals surface area contributed by atoms with Crippen LogP contribution in [0.2, 0.25) is 0 Å². The first-order valence-corrected chi connectivity index (χ1v) is 8.86. The van der Waals surface area contributed by atoms with Crippen LogP contribution in [0.3, 0.4) is 0 Å². The molecule has 0 aliphatic carbocycles. The number of rotatable bonds is 5. The molecule has 2 aromatic rings. The second-order valence-corrected chi connectivity index (χ2v) is 7.25. The van der Waals surface area contributed by atoms with Crippen LogP contribution in [-0.2, 0) is 5.60 Å². The van der Waals surface area contributed by atoms with Gasteiger partial charge in [0.25, 0.3) is 0 Å². The van der Waals surface area contributed by atoms with Crippen molar-refractivity contribution < 1.29 is 24.9 Å². The van der Waals surface area contributed by atoms with Crippen molar-refractivity contribution >= 4 is 5.97 Å². The second kappa shape index (κ2) is 6.65. The van der Waals surface area contributed by atoms with Gasteiger partial charge in [-0.3, -0.25) is 0 Å². The number of aliphatic hydroxyl groups is 1. The molecule has 0 saturated carbocycles. The quantitative estimate of drug-likeness (QED) is 0.728. The van der Waals surface area contributed by atoms with Gasteiger partial charge in [-0.15, -0.1) is 0 Å². The zero-order chi connectivity index (χ0) is 19.1. The number of ether oxygens (including phenoxy) is 1. The number of aromatic carboxylic acids is 1. The Labute approximate surface area is 152 Å². The number of carbonyl (C=O) groups is 1. The highest BCUT2D eigenvalue weighted by Gasteiger charge is 2.35. The van der Waals surface area contributed by atoms with Crippen LogP contribution in [-0.4, -0.2) is 21.3 Å². The molecule has 0 bridgehead atoms. The Bertz CT molecular complexity index is 854. The molecule has 0 aromatic heterocycles. The summed E-state index contributed by atoms with van der Waals surface area (Å²) in [5.41, 5.74) is 1.99. The van der Waals surface area contributed by atoms with Crippen LogP contribution in [0.15, 0.2) is 30.3 Å². The summed E-state index contributed by atoms with van der Waals surface area (Å²) < 4.78 is 6.10. The van der Waals surface area contributed by atoms with Crippen molar-refractivity contribution in [3.05, 3.63) is 47.0 Å². The zero-order valence-electron chi connectivity index (χ0n) is 15.2. The monoisotopic (exact) mass is 356 g/mol. The van der Waals surface area contributed by atoms with Gasteiger partial charge in [0.1, 0.15) is 17.1 Å². The molecular formula is C21H24O5. The van der Waals surface area contributed by atoms with Gasteiger partial charge < -0.3 is 20.1 Å². The van der Waals surface area contributed by atoms with E-state index in [2.05, 4.69) is 6.92 Å². The average molecular weight is 356 g/mol. The van der Waals surface area contributed by atoms with Crippen LogP contribution >= 0.6 is 0 Å². The van der Waals surface area contributed by atoms with E-state index in [-0.39, 0.29) is 11.3 Å². The van der Waals surface area contributed by atoms with E-state index in [0.717, 1.165) is 18.4 Å². The number of aromatic hydroxyl groups is 1. The Balaban J connectivity index is 2.15. The van der Waals surface area contributed by atoms with Gasteiger partial charge in [0.2, 0.25) is 0 Å². The third-order valence-electron chi connectivity index (χ3n) is 4.87. The first kappa shape index (κ1) is 18.3. The lowest BCUT2D eigenvalue weighted by atomic mass is 9.84. The summed E-state index contributed by atoms with van der Waals surface area (Å²) in [6.45, 7) is 5.85. The Kier molecular flexibility index (Phi) is 4.67. The maximum absolute atomic E-state index is 11.4. The molecule has 5 nitrogen and oxygen atoms in total. The zero-order valence-corrected chi connectivity index (χ0v) is 15.2. The van der Waals surface area contributed by atoms with Gasteiger partial charge in [-0.2, -0.15) is 0 Å². The van der Waals surface area contributed by atoms with E-state index in [1.54, 1.807) is 18.2 Å². The molecule has 3 rings (SSSR count). The number of benzene rings is 2. The molecule has 2 aromatic carbocycles. The fraction of sp³-hybridized carbons (Fsp3) is 0.381. The van der Waals surface area contributed by atoms with E-state index in [9.17, 15) is 20.1 Å². The van der Waals surface area contributed by atoms with Gasteiger partial charge in [-0.1, -0.05) is 25.8 Å². The molecule has 0 spiro atoms. The SMILES string of the molecule is CCCCC(O)c1cc(O)c2c(c1)OC(C)(C)c1ccc(C(=O)O)cc1-2. The molecule has 0 radical (unpaired) electrons. The maximum atomic E-state index is 11.4. The van der Waals surface area contributed by atoms with E-state index in [0.29, 0.717) is 28.9 Å². The van der Waals surface area contributed by atoms with Crippen LogP contribution in [0.5, 0.6) is 11.5 Å². The van der Waals surface area contributed by atoms with Crippen molar-refractivity contribution in [3.8, 4) is 22.6 Å². The number of carboxylic acids is 1. The number of hydrogen-bond donors (Lipinski definition) is 3. The highest BCUT2D eigenvalue weighted by Crippen LogP contribution is 2.50. The highest BCUT2D eigenvalue weighted by molar-refractivity contribution is 5.92. The molecule has 26 heavy (non-hydrogen) atoms. The van der Waals surface area contributed by atoms with Crippen molar-refractivity contribution in [1.29, 1.82) is 0 Å². The minimum Gasteiger partial charge on any atom is -0.507 e. The van der Waals surface area contributed by atoms with Crippen molar-refractivity contribution in [2.75, 3.05) is 0 Å². The number of aliphatic hydroxyl groups excluding tert-OH is 1. The molecule has 3 N–H and O–H groups in total. The number of phenols is 1. The molecule has 1 atom stereocenters. The van der Waals surface area contributed by atoms with E-state index >= 15 is 0 Å². The van der Waals surface area contributed by atoms with Gasteiger partial charge in [-0.05, 0) is 55.7 Å². The molecule has 5 heteroatoms. The largest absolute Gasteiger partial charge is 0.507 e.